The molecular weight excluding hydrogens is 258 g/mol. The van der Waals surface area contributed by atoms with Crippen molar-refractivity contribution in [1.29, 1.82) is 0 Å². The van der Waals surface area contributed by atoms with Gasteiger partial charge in [0.05, 0.1) is 4.90 Å². The van der Waals surface area contributed by atoms with Gasteiger partial charge in [0.1, 0.15) is 5.75 Å². The molecule has 1 N–H and O–H groups in total. The first-order chi connectivity index (χ1) is 7.89. The number of nitrogens with zero attached hydrogens (tertiary/aromatic N) is 1. The third kappa shape index (κ3) is 3.37. The lowest BCUT2D eigenvalue weighted by Gasteiger charge is -2.23. The zero-order chi connectivity index (χ0) is 13.1. The Kier molecular flexibility index (Phi) is 4.85. The van der Waals surface area contributed by atoms with Crippen molar-refractivity contribution in [2.24, 2.45) is 0 Å². The van der Waals surface area contributed by atoms with Crippen LogP contribution in [-0.4, -0.2) is 42.9 Å². The van der Waals surface area contributed by atoms with Crippen LogP contribution in [0.1, 0.15) is 6.92 Å². The molecule has 0 amide bonds. The molecule has 0 saturated carbocycles. The van der Waals surface area contributed by atoms with Crippen molar-refractivity contribution in [1.82, 2.24) is 4.31 Å². The number of sulfonamides is 1. The summed E-state index contributed by atoms with van der Waals surface area (Å²) in [6.45, 7) is 1.87. The quantitative estimate of drug-likeness (QED) is 0.889. The second kappa shape index (κ2) is 5.75. The number of thioether (sulfide) groups is 1. The van der Waals surface area contributed by atoms with Gasteiger partial charge in [0.25, 0.3) is 0 Å². The van der Waals surface area contributed by atoms with Gasteiger partial charge >= 0.3 is 0 Å². The minimum absolute atomic E-state index is 0.0590. The summed E-state index contributed by atoms with van der Waals surface area (Å²) in [5.41, 5.74) is 0. The predicted octanol–water partition coefficient (Wildman–Crippen LogP) is 1.76. The standard InChI is InChI=1S/C11H17NO3S2/c1-9(8-16-3)12(2)17(14,15)11-6-4-10(13)5-7-11/h4-7,9,13H,8H2,1-3H3. The molecule has 0 saturated heterocycles. The number of phenols is 1. The fourth-order valence-electron chi connectivity index (χ4n) is 1.37. The van der Waals surface area contributed by atoms with Crippen LogP contribution in [-0.2, 0) is 10.0 Å². The Morgan fingerprint density at radius 2 is 1.88 bits per heavy atom. The summed E-state index contributed by atoms with van der Waals surface area (Å²) in [5.74, 6) is 0.803. The molecule has 1 aromatic carbocycles. The van der Waals surface area contributed by atoms with Gasteiger partial charge in [-0.25, -0.2) is 8.42 Å². The van der Waals surface area contributed by atoms with E-state index in [0.29, 0.717) is 0 Å². The Morgan fingerprint density at radius 1 is 1.35 bits per heavy atom. The number of rotatable bonds is 5. The molecule has 1 aromatic rings. The molecule has 0 heterocycles. The maximum absolute atomic E-state index is 12.2. The molecule has 0 aliphatic heterocycles. The minimum Gasteiger partial charge on any atom is -0.508 e. The van der Waals surface area contributed by atoms with E-state index >= 15 is 0 Å². The molecule has 6 heteroatoms. The van der Waals surface area contributed by atoms with Crippen LogP contribution in [0.15, 0.2) is 29.2 Å². The maximum Gasteiger partial charge on any atom is 0.243 e. The fourth-order valence-corrected chi connectivity index (χ4v) is 3.53. The lowest BCUT2D eigenvalue weighted by molar-refractivity contribution is 0.415. The van der Waals surface area contributed by atoms with Gasteiger partial charge in [-0.1, -0.05) is 0 Å². The van der Waals surface area contributed by atoms with E-state index < -0.39 is 10.0 Å². The molecule has 0 fully saturated rings. The van der Waals surface area contributed by atoms with Crippen molar-refractivity contribution in [3.8, 4) is 5.75 Å². The van der Waals surface area contributed by atoms with E-state index in [2.05, 4.69) is 0 Å². The van der Waals surface area contributed by atoms with Crippen molar-refractivity contribution in [2.45, 2.75) is 17.9 Å². The lowest BCUT2D eigenvalue weighted by Crippen LogP contribution is -2.36. The molecule has 17 heavy (non-hydrogen) atoms. The summed E-state index contributed by atoms with van der Waals surface area (Å²) in [6.07, 6.45) is 1.94. The molecule has 0 aliphatic carbocycles. The van der Waals surface area contributed by atoms with E-state index in [0.717, 1.165) is 5.75 Å². The molecule has 0 aromatic heterocycles. The van der Waals surface area contributed by atoms with Crippen molar-refractivity contribution in [3.05, 3.63) is 24.3 Å². The predicted molar refractivity (Wildman–Crippen MR) is 70.9 cm³/mol. The molecule has 1 unspecified atom stereocenters. The van der Waals surface area contributed by atoms with Crippen LogP contribution >= 0.6 is 11.8 Å². The van der Waals surface area contributed by atoms with E-state index in [9.17, 15) is 8.42 Å². The summed E-state index contributed by atoms with van der Waals surface area (Å²) in [4.78, 5) is 0.200. The third-order valence-corrected chi connectivity index (χ3v) is 5.34. The van der Waals surface area contributed by atoms with E-state index in [1.165, 1.54) is 28.6 Å². The Labute approximate surface area is 107 Å². The first kappa shape index (κ1) is 14.3. The number of hydrogen-bond acceptors (Lipinski definition) is 4. The number of hydrogen-bond donors (Lipinski definition) is 1. The largest absolute Gasteiger partial charge is 0.508 e. The first-order valence-corrected chi connectivity index (χ1v) is 7.99. The van der Waals surface area contributed by atoms with E-state index in [1.807, 2.05) is 13.2 Å². The molecule has 0 spiro atoms. The highest BCUT2D eigenvalue weighted by Gasteiger charge is 2.24. The van der Waals surface area contributed by atoms with Crippen LogP contribution < -0.4 is 0 Å². The summed E-state index contributed by atoms with van der Waals surface area (Å²) in [7, 11) is -1.90. The maximum atomic E-state index is 12.2. The molecule has 1 atom stereocenters. The Morgan fingerprint density at radius 3 is 2.35 bits per heavy atom. The van der Waals surface area contributed by atoms with Gasteiger partial charge in [-0.05, 0) is 37.4 Å². The summed E-state index contributed by atoms with van der Waals surface area (Å²) >= 11 is 1.61. The van der Waals surface area contributed by atoms with Crippen LogP contribution in [0.25, 0.3) is 0 Å². The summed E-state index contributed by atoms with van der Waals surface area (Å²) in [6, 6.07) is 5.50. The van der Waals surface area contributed by atoms with Gasteiger partial charge in [-0.3, -0.25) is 0 Å². The van der Waals surface area contributed by atoms with Crippen LogP contribution in [0.4, 0.5) is 0 Å². The zero-order valence-electron chi connectivity index (χ0n) is 10.1. The van der Waals surface area contributed by atoms with Crippen LogP contribution in [0.5, 0.6) is 5.75 Å². The average Bonchev–Trinajstić information content (AvgIpc) is 2.29. The topological polar surface area (TPSA) is 57.6 Å². The first-order valence-electron chi connectivity index (χ1n) is 5.15. The number of benzene rings is 1. The number of aromatic hydroxyl groups is 1. The fraction of sp³-hybridized carbons (Fsp3) is 0.455. The number of phenolic OH excluding ortho intramolecular Hbond substituents is 1. The smallest absolute Gasteiger partial charge is 0.243 e. The monoisotopic (exact) mass is 275 g/mol. The Balaban J connectivity index is 2.98. The van der Waals surface area contributed by atoms with Gasteiger partial charge < -0.3 is 5.11 Å². The van der Waals surface area contributed by atoms with Crippen molar-refractivity contribution in [3.63, 3.8) is 0 Å². The summed E-state index contributed by atoms with van der Waals surface area (Å²) in [5, 5.41) is 9.14. The van der Waals surface area contributed by atoms with E-state index in [4.69, 9.17) is 5.11 Å². The molecule has 1 rings (SSSR count). The molecule has 96 valence electrons. The van der Waals surface area contributed by atoms with Gasteiger partial charge in [0.2, 0.25) is 10.0 Å². The van der Waals surface area contributed by atoms with Gasteiger partial charge in [-0.2, -0.15) is 16.1 Å². The SMILES string of the molecule is CSCC(C)N(C)S(=O)(=O)c1ccc(O)cc1. The van der Waals surface area contributed by atoms with E-state index in [-0.39, 0.29) is 16.7 Å². The zero-order valence-corrected chi connectivity index (χ0v) is 11.8. The third-order valence-electron chi connectivity index (χ3n) is 2.54. The molecular formula is C11H17NO3S2. The summed E-state index contributed by atoms with van der Waals surface area (Å²) < 4.78 is 25.7. The van der Waals surface area contributed by atoms with Crippen molar-refractivity contribution in [2.75, 3.05) is 19.1 Å². The molecule has 0 bridgehead atoms. The van der Waals surface area contributed by atoms with Crippen molar-refractivity contribution >= 4 is 21.8 Å². The Bertz CT molecular complexity index is 456. The van der Waals surface area contributed by atoms with Crippen LogP contribution in [0.2, 0.25) is 0 Å². The van der Waals surface area contributed by atoms with Gasteiger partial charge in [0.15, 0.2) is 0 Å². The van der Waals surface area contributed by atoms with Gasteiger partial charge in [0, 0.05) is 18.8 Å². The van der Waals surface area contributed by atoms with E-state index in [1.54, 1.807) is 18.8 Å². The second-order valence-corrected chi connectivity index (χ2v) is 6.73. The second-order valence-electron chi connectivity index (χ2n) is 3.82. The minimum atomic E-state index is -3.47. The normalized spacial score (nSPS) is 13.9. The van der Waals surface area contributed by atoms with Crippen LogP contribution in [0, 0.1) is 0 Å². The molecule has 4 nitrogen and oxygen atoms in total. The van der Waals surface area contributed by atoms with Crippen molar-refractivity contribution < 1.29 is 13.5 Å². The highest BCUT2D eigenvalue weighted by Crippen LogP contribution is 2.20. The average molecular weight is 275 g/mol. The van der Waals surface area contributed by atoms with Gasteiger partial charge in [-0.15, -0.1) is 0 Å². The molecule has 0 aliphatic rings. The molecule has 0 radical (unpaired) electrons. The highest BCUT2D eigenvalue weighted by atomic mass is 32.2. The highest BCUT2D eigenvalue weighted by molar-refractivity contribution is 7.98. The lowest BCUT2D eigenvalue weighted by atomic mass is 10.3. The Hall–Kier alpha value is -0.720. The van der Waals surface area contributed by atoms with Crippen LogP contribution in [0.3, 0.4) is 0 Å².